The van der Waals surface area contributed by atoms with E-state index in [4.69, 9.17) is 0 Å². The molecule has 21 heavy (non-hydrogen) atoms. The lowest BCUT2D eigenvalue weighted by atomic mass is 10.2. The molecule has 2 fully saturated rings. The fourth-order valence-corrected chi connectivity index (χ4v) is 4.49. The monoisotopic (exact) mass is 312 g/mol. The zero-order valence-electron chi connectivity index (χ0n) is 12.3. The van der Waals surface area contributed by atoms with Gasteiger partial charge in [-0.1, -0.05) is 0 Å². The molecule has 1 saturated heterocycles. The molecule has 0 unspecified atom stereocenters. The van der Waals surface area contributed by atoms with Crippen molar-refractivity contribution in [2.45, 2.75) is 24.7 Å². The van der Waals surface area contributed by atoms with Gasteiger partial charge in [-0.05, 0) is 49.4 Å². The Labute approximate surface area is 125 Å². The average Bonchev–Trinajstić information content (AvgIpc) is 3.23. The molecule has 1 aromatic carbocycles. The molecule has 0 radical (unpaired) electrons. The number of hydrogen-bond donors (Lipinski definition) is 0. The second-order valence-corrected chi connectivity index (χ2v) is 7.96. The van der Waals surface area contributed by atoms with Crippen LogP contribution >= 0.6 is 0 Å². The third-order valence-corrected chi connectivity index (χ3v) is 6.36. The highest BCUT2D eigenvalue weighted by Crippen LogP contribution is 2.30. The van der Waals surface area contributed by atoms with Gasteiger partial charge >= 0.3 is 0 Å². The van der Waals surface area contributed by atoms with E-state index >= 15 is 0 Å². The highest BCUT2D eigenvalue weighted by Gasteiger charge is 2.31. The number of nitrogens with zero attached hydrogens (tertiary/aromatic N) is 2. The van der Waals surface area contributed by atoms with Crippen LogP contribution in [0.15, 0.2) is 23.1 Å². The maximum absolute atomic E-state index is 13.1. The molecule has 116 valence electrons. The molecule has 2 aliphatic rings. The van der Waals surface area contributed by atoms with E-state index in [1.54, 1.807) is 6.92 Å². The van der Waals surface area contributed by atoms with E-state index < -0.39 is 15.8 Å². The Morgan fingerprint density at radius 3 is 2.43 bits per heavy atom. The van der Waals surface area contributed by atoms with Gasteiger partial charge in [0.25, 0.3) is 0 Å². The fourth-order valence-electron chi connectivity index (χ4n) is 2.86. The second-order valence-electron chi connectivity index (χ2n) is 6.06. The first kappa shape index (κ1) is 14.9. The van der Waals surface area contributed by atoms with Gasteiger partial charge in [0.2, 0.25) is 10.0 Å². The predicted molar refractivity (Wildman–Crippen MR) is 79.1 cm³/mol. The third kappa shape index (κ3) is 3.27. The minimum Gasteiger partial charge on any atom is -0.300 e. The minimum absolute atomic E-state index is 0.222. The topological polar surface area (TPSA) is 40.6 Å². The fraction of sp³-hybridized carbons (Fsp3) is 0.600. The van der Waals surface area contributed by atoms with Gasteiger partial charge in [0.15, 0.2) is 0 Å². The summed E-state index contributed by atoms with van der Waals surface area (Å²) < 4.78 is 40.0. The average molecular weight is 312 g/mol. The number of benzene rings is 1. The number of sulfonamides is 1. The summed E-state index contributed by atoms with van der Waals surface area (Å²) in [4.78, 5) is 2.57. The largest absolute Gasteiger partial charge is 0.300 e. The molecule has 0 aromatic heterocycles. The summed E-state index contributed by atoms with van der Waals surface area (Å²) in [6.07, 6.45) is 2.63. The Morgan fingerprint density at radius 2 is 1.86 bits per heavy atom. The molecule has 0 atom stereocenters. The van der Waals surface area contributed by atoms with Crippen molar-refractivity contribution in [2.75, 3.05) is 32.7 Å². The Kier molecular flexibility index (Phi) is 4.03. The van der Waals surface area contributed by atoms with Crippen LogP contribution in [-0.2, 0) is 10.0 Å². The van der Waals surface area contributed by atoms with E-state index in [-0.39, 0.29) is 4.90 Å². The van der Waals surface area contributed by atoms with Crippen LogP contribution in [0.25, 0.3) is 0 Å². The third-order valence-electron chi connectivity index (χ3n) is 4.30. The predicted octanol–water partition coefficient (Wildman–Crippen LogP) is 1.85. The van der Waals surface area contributed by atoms with Gasteiger partial charge in [-0.2, -0.15) is 4.31 Å². The maximum Gasteiger partial charge on any atom is 0.243 e. The quantitative estimate of drug-likeness (QED) is 0.852. The summed E-state index contributed by atoms with van der Waals surface area (Å²) in [6, 6.07) is 3.86. The molecular weight excluding hydrogens is 291 g/mol. The van der Waals surface area contributed by atoms with Crippen LogP contribution in [0.4, 0.5) is 4.39 Å². The van der Waals surface area contributed by atoms with E-state index in [0.717, 1.165) is 25.6 Å². The van der Waals surface area contributed by atoms with Crippen LogP contribution in [0.5, 0.6) is 0 Å². The van der Waals surface area contributed by atoms with E-state index in [2.05, 4.69) is 4.90 Å². The molecule has 1 heterocycles. The Hall–Kier alpha value is -0.980. The van der Waals surface area contributed by atoms with E-state index in [1.807, 2.05) is 0 Å². The van der Waals surface area contributed by atoms with Gasteiger partial charge in [-0.15, -0.1) is 0 Å². The molecule has 1 aliphatic carbocycles. The van der Waals surface area contributed by atoms with Crippen molar-refractivity contribution in [2.24, 2.45) is 5.92 Å². The number of aryl methyl sites for hydroxylation is 1. The number of rotatable bonds is 4. The van der Waals surface area contributed by atoms with Crippen molar-refractivity contribution in [1.29, 1.82) is 0 Å². The van der Waals surface area contributed by atoms with Crippen molar-refractivity contribution < 1.29 is 12.8 Å². The van der Waals surface area contributed by atoms with E-state index in [0.29, 0.717) is 18.7 Å². The van der Waals surface area contributed by atoms with E-state index in [1.165, 1.54) is 35.3 Å². The standard InChI is InChI=1S/C15H21FN2O2S/c1-12-10-14(16)4-5-15(12)21(19,20)18-8-6-17(7-9-18)11-13-2-3-13/h4-5,10,13H,2-3,6-9,11H2,1H3. The highest BCUT2D eigenvalue weighted by atomic mass is 32.2. The molecule has 1 saturated carbocycles. The summed E-state index contributed by atoms with van der Waals surface area (Å²) in [6.45, 7) is 5.35. The van der Waals surface area contributed by atoms with Crippen LogP contribution in [0.1, 0.15) is 18.4 Å². The van der Waals surface area contributed by atoms with Crippen molar-refractivity contribution in [3.8, 4) is 0 Å². The molecule has 0 amide bonds. The Morgan fingerprint density at radius 1 is 1.19 bits per heavy atom. The Balaban J connectivity index is 1.70. The lowest BCUT2D eigenvalue weighted by molar-refractivity contribution is 0.182. The SMILES string of the molecule is Cc1cc(F)ccc1S(=O)(=O)N1CCN(CC2CC2)CC1. The molecule has 4 nitrogen and oxygen atoms in total. The molecular formula is C15H21FN2O2S. The van der Waals surface area contributed by atoms with Crippen molar-refractivity contribution >= 4 is 10.0 Å². The second kappa shape index (κ2) is 5.66. The smallest absolute Gasteiger partial charge is 0.243 e. The molecule has 6 heteroatoms. The van der Waals surface area contributed by atoms with Gasteiger partial charge in [0.05, 0.1) is 4.90 Å². The Bertz CT molecular complexity index is 621. The molecule has 0 bridgehead atoms. The zero-order chi connectivity index (χ0) is 15.0. The van der Waals surface area contributed by atoms with E-state index in [9.17, 15) is 12.8 Å². The van der Waals surface area contributed by atoms with Gasteiger partial charge in [0.1, 0.15) is 5.82 Å². The lowest BCUT2D eigenvalue weighted by Gasteiger charge is -2.34. The minimum atomic E-state index is -3.51. The number of piperazine rings is 1. The number of hydrogen-bond acceptors (Lipinski definition) is 3. The molecule has 3 rings (SSSR count). The van der Waals surface area contributed by atoms with Crippen LogP contribution < -0.4 is 0 Å². The normalized spacial score (nSPS) is 21.6. The number of halogens is 1. The highest BCUT2D eigenvalue weighted by molar-refractivity contribution is 7.89. The first-order chi connectivity index (χ1) is 9.96. The summed E-state index contributed by atoms with van der Waals surface area (Å²) in [7, 11) is -3.51. The molecule has 1 aliphatic heterocycles. The van der Waals surface area contributed by atoms with Crippen LogP contribution in [-0.4, -0.2) is 50.3 Å². The first-order valence-corrected chi connectivity index (χ1v) is 8.89. The van der Waals surface area contributed by atoms with Gasteiger partial charge in [0, 0.05) is 32.7 Å². The van der Waals surface area contributed by atoms with Crippen LogP contribution in [0, 0.1) is 18.7 Å². The van der Waals surface area contributed by atoms with Crippen molar-refractivity contribution in [1.82, 2.24) is 9.21 Å². The molecule has 1 aromatic rings. The summed E-state index contributed by atoms with van der Waals surface area (Å²) >= 11 is 0. The summed E-state index contributed by atoms with van der Waals surface area (Å²) in [5, 5.41) is 0. The zero-order valence-corrected chi connectivity index (χ0v) is 13.1. The maximum atomic E-state index is 13.1. The summed E-state index contributed by atoms with van der Waals surface area (Å²) in [5.74, 6) is 0.424. The molecule has 0 spiro atoms. The molecule has 0 N–H and O–H groups in total. The lowest BCUT2D eigenvalue weighted by Crippen LogP contribution is -2.49. The van der Waals surface area contributed by atoms with Crippen LogP contribution in [0.3, 0.4) is 0 Å². The van der Waals surface area contributed by atoms with Crippen molar-refractivity contribution in [3.05, 3.63) is 29.6 Å². The van der Waals surface area contributed by atoms with Gasteiger partial charge < -0.3 is 4.90 Å². The summed E-state index contributed by atoms with van der Waals surface area (Å²) in [5.41, 5.74) is 0.468. The van der Waals surface area contributed by atoms with Gasteiger partial charge in [-0.3, -0.25) is 0 Å². The first-order valence-electron chi connectivity index (χ1n) is 7.45. The van der Waals surface area contributed by atoms with Crippen molar-refractivity contribution in [3.63, 3.8) is 0 Å². The van der Waals surface area contributed by atoms with Gasteiger partial charge in [-0.25, -0.2) is 12.8 Å². The van der Waals surface area contributed by atoms with Crippen LogP contribution in [0.2, 0.25) is 0 Å².